The monoisotopic (exact) mass is 390 g/mol. The number of rotatable bonds is 10. The number of nitrogens with zero attached hydrogens (tertiary/aromatic N) is 1. The molecule has 1 saturated heterocycles. The van der Waals surface area contributed by atoms with Crippen molar-refractivity contribution in [1.82, 2.24) is 16.0 Å². The van der Waals surface area contributed by atoms with Crippen molar-refractivity contribution >= 4 is 11.9 Å². The van der Waals surface area contributed by atoms with E-state index in [2.05, 4.69) is 20.9 Å². The van der Waals surface area contributed by atoms with Crippen molar-refractivity contribution in [2.45, 2.75) is 32.7 Å². The van der Waals surface area contributed by atoms with Gasteiger partial charge in [-0.1, -0.05) is 12.1 Å². The number of guanidine groups is 1. The normalized spacial score (nSPS) is 15.3. The summed E-state index contributed by atoms with van der Waals surface area (Å²) in [7, 11) is 1.63. The Balaban J connectivity index is 1.70. The molecule has 2 rings (SSSR count). The van der Waals surface area contributed by atoms with Crippen molar-refractivity contribution in [3.63, 3.8) is 0 Å². The SMILES string of the molecule is CCNC(=NCc1cccc(C(=O)NC)c1)NCCCOCC1CCOCC1. The molecular formula is C21H34N4O3. The van der Waals surface area contributed by atoms with Gasteiger partial charge in [0.25, 0.3) is 5.91 Å². The summed E-state index contributed by atoms with van der Waals surface area (Å²) in [6, 6.07) is 7.53. The van der Waals surface area contributed by atoms with E-state index in [4.69, 9.17) is 9.47 Å². The second kappa shape index (κ2) is 13.1. The predicted molar refractivity (Wildman–Crippen MR) is 112 cm³/mol. The van der Waals surface area contributed by atoms with Crippen LogP contribution in [0.5, 0.6) is 0 Å². The Labute approximate surface area is 168 Å². The average molecular weight is 391 g/mol. The molecule has 1 aromatic rings. The molecule has 0 unspecified atom stereocenters. The molecule has 1 aliphatic rings. The first kappa shape index (κ1) is 22.2. The zero-order chi connectivity index (χ0) is 20.0. The summed E-state index contributed by atoms with van der Waals surface area (Å²) in [4.78, 5) is 16.4. The van der Waals surface area contributed by atoms with Gasteiger partial charge >= 0.3 is 0 Å². The van der Waals surface area contributed by atoms with Gasteiger partial charge in [-0.05, 0) is 49.8 Å². The number of benzene rings is 1. The number of hydrogen-bond acceptors (Lipinski definition) is 4. The molecule has 0 atom stereocenters. The van der Waals surface area contributed by atoms with Crippen LogP contribution in [0.25, 0.3) is 0 Å². The number of carbonyl (C=O) groups is 1. The van der Waals surface area contributed by atoms with Crippen molar-refractivity contribution in [2.24, 2.45) is 10.9 Å². The van der Waals surface area contributed by atoms with Crippen LogP contribution >= 0.6 is 0 Å². The largest absolute Gasteiger partial charge is 0.381 e. The number of carbonyl (C=O) groups excluding carboxylic acids is 1. The van der Waals surface area contributed by atoms with Crippen LogP contribution in [0, 0.1) is 5.92 Å². The molecule has 0 saturated carbocycles. The van der Waals surface area contributed by atoms with Gasteiger partial charge in [0, 0.05) is 52.1 Å². The third-order valence-electron chi connectivity index (χ3n) is 4.63. The van der Waals surface area contributed by atoms with Crippen LogP contribution in [0.4, 0.5) is 0 Å². The molecule has 1 fully saturated rings. The highest BCUT2D eigenvalue weighted by Gasteiger charge is 2.13. The summed E-state index contributed by atoms with van der Waals surface area (Å²) < 4.78 is 11.2. The minimum Gasteiger partial charge on any atom is -0.381 e. The second-order valence-corrected chi connectivity index (χ2v) is 6.89. The first-order chi connectivity index (χ1) is 13.7. The summed E-state index contributed by atoms with van der Waals surface area (Å²) in [5.41, 5.74) is 1.65. The fourth-order valence-electron chi connectivity index (χ4n) is 3.01. The standard InChI is InChI=1S/C21H34N4O3/c1-3-23-21(24-10-5-11-28-16-17-8-12-27-13-9-17)25-15-18-6-4-7-19(14-18)20(26)22-2/h4,6-7,14,17H,3,5,8-13,15-16H2,1-2H3,(H,22,26)(H2,23,24,25). The quantitative estimate of drug-likeness (QED) is 0.323. The number of ether oxygens (including phenoxy) is 2. The lowest BCUT2D eigenvalue weighted by atomic mass is 10.0. The molecule has 0 bridgehead atoms. The summed E-state index contributed by atoms with van der Waals surface area (Å²) in [6.45, 7) is 7.47. The topological polar surface area (TPSA) is 84.0 Å². The van der Waals surface area contributed by atoms with Crippen molar-refractivity contribution in [2.75, 3.05) is 46.6 Å². The summed E-state index contributed by atoms with van der Waals surface area (Å²) >= 11 is 0. The highest BCUT2D eigenvalue weighted by molar-refractivity contribution is 5.94. The maximum absolute atomic E-state index is 11.7. The summed E-state index contributed by atoms with van der Waals surface area (Å²) in [5, 5.41) is 9.23. The molecule has 1 aromatic carbocycles. The molecule has 1 heterocycles. The lowest BCUT2D eigenvalue weighted by molar-refractivity contribution is 0.0203. The first-order valence-electron chi connectivity index (χ1n) is 10.2. The molecule has 28 heavy (non-hydrogen) atoms. The summed E-state index contributed by atoms with van der Waals surface area (Å²) in [5.74, 6) is 1.33. The van der Waals surface area contributed by atoms with Gasteiger partial charge in [0.2, 0.25) is 0 Å². The third kappa shape index (κ3) is 8.27. The molecule has 156 valence electrons. The van der Waals surface area contributed by atoms with E-state index in [1.807, 2.05) is 25.1 Å². The lowest BCUT2D eigenvalue weighted by Crippen LogP contribution is -2.38. The van der Waals surface area contributed by atoms with E-state index in [-0.39, 0.29) is 5.91 Å². The Bertz CT molecular complexity index is 615. The van der Waals surface area contributed by atoms with E-state index in [1.165, 1.54) is 0 Å². The van der Waals surface area contributed by atoms with Crippen molar-refractivity contribution in [1.29, 1.82) is 0 Å². The Morgan fingerprint density at radius 2 is 2.11 bits per heavy atom. The van der Waals surface area contributed by atoms with Gasteiger partial charge in [-0.3, -0.25) is 4.79 Å². The van der Waals surface area contributed by atoms with E-state index < -0.39 is 0 Å². The van der Waals surface area contributed by atoms with Gasteiger partial charge < -0.3 is 25.4 Å². The highest BCUT2D eigenvalue weighted by atomic mass is 16.5. The molecule has 3 N–H and O–H groups in total. The second-order valence-electron chi connectivity index (χ2n) is 6.89. The smallest absolute Gasteiger partial charge is 0.251 e. The van der Waals surface area contributed by atoms with Crippen LogP contribution in [0.3, 0.4) is 0 Å². The lowest BCUT2D eigenvalue weighted by Gasteiger charge is -2.21. The molecule has 7 heteroatoms. The van der Waals surface area contributed by atoms with Crippen LogP contribution in [0.1, 0.15) is 42.1 Å². The average Bonchev–Trinajstić information content (AvgIpc) is 2.74. The Hall–Kier alpha value is -2.12. The highest BCUT2D eigenvalue weighted by Crippen LogP contribution is 2.14. The fourth-order valence-corrected chi connectivity index (χ4v) is 3.01. The van der Waals surface area contributed by atoms with Gasteiger partial charge in [0.05, 0.1) is 6.54 Å². The van der Waals surface area contributed by atoms with Crippen molar-refractivity contribution in [3.8, 4) is 0 Å². The van der Waals surface area contributed by atoms with E-state index in [9.17, 15) is 4.79 Å². The van der Waals surface area contributed by atoms with Gasteiger partial charge in [-0.25, -0.2) is 4.99 Å². The van der Waals surface area contributed by atoms with Gasteiger partial charge in [0.15, 0.2) is 5.96 Å². The maximum atomic E-state index is 11.7. The number of hydrogen-bond donors (Lipinski definition) is 3. The molecule has 0 aromatic heterocycles. The molecule has 0 spiro atoms. The Kier molecular flexibility index (Phi) is 10.4. The van der Waals surface area contributed by atoms with Crippen molar-refractivity contribution < 1.29 is 14.3 Å². The van der Waals surface area contributed by atoms with Crippen LogP contribution in [-0.2, 0) is 16.0 Å². The van der Waals surface area contributed by atoms with Crippen LogP contribution in [0.2, 0.25) is 0 Å². The van der Waals surface area contributed by atoms with Crippen LogP contribution < -0.4 is 16.0 Å². The number of amides is 1. The van der Waals surface area contributed by atoms with E-state index >= 15 is 0 Å². The molecule has 0 aliphatic carbocycles. The molecule has 1 aliphatic heterocycles. The van der Waals surface area contributed by atoms with E-state index in [0.29, 0.717) is 18.0 Å². The van der Waals surface area contributed by atoms with Crippen LogP contribution in [-0.4, -0.2) is 58.4 Å². The van der Waals surface area contributed by atoms with Gasteiger partial charge in [0.1, 0.15) is 0 Å². The molecule has 0 radical (unpaired) electrons. The molecule has 1 amide bonds. The zero-order valence-electron chi connectivity index (χ0n) is 17.1. The predicted octanol–water partition coefficient (Wildman–Crippen LogP) is 1.93. The minimum absolute atomic E-state index is 0.0865. The Morgan fingerprint density at radius 3 is 2.86 bits per heavy atom. The van der Waals surface area contributed by atoms with Crippen LogP contribution in [0.15, 0.2) is 29.3 Å². The Morgan fingerprint density at radius 1 is 1.29 bits per heavy atom. The molecular weight excluding hydrogens is 356 g/mol. The van der Waals surface area contributed by atoms with E-state index in [1.54, 1.807) is 13.1 Å². The van der Waals surface area contributed by atoms with Gasteiger partial charge in [-0.2, -0.15) is 0 Å². The van der Waals surface area contributed by atoms with Gasteiger partial charge in [-0.15, -0.1) is 0 Å². The minimum atomic E-state index is -0.0865. The van der Waals surface area contributed by atoms with E-state index in [0.717, 1.165) is 70.3 Å². The fraction of sp³-hybridized carbons (Fsp3) is 0.619. The van der Waals surface area contributed by atoms with Crippen molar-refractivity contribution in [3.05, 3.63) is 35.4 Å². The number of aliphatic imine (C=N–C) groups is 1. The molecule has 7 nitrogen and oxygen atoms in total. The zero-order valence-corrected chi connectivity index (χ0v) is 17.1. The summed E-state index contributed by atoms with van der Waals surface area (Å²) in [6.07, 6.45) is 3.15. The number of nitrogens with one attached hydrogen (secondary N) is 3. The maximum Gasteiger partial charge on any atom is 0.251 e. The third-order valence-corrected chi connectivity index (χ3v) is 4.63. The first-order valence-corrected chi connectivity index (χ1v) is 10.2.